The molecule has 0 unspecified atom stereocenters. The molecule has 136 valence electrons. The Labute approximate surface area is 162 Å². The summed E-state index contributed by atoms with van der Waals surface area (Å²) in [6.45, 7) is 4.03. The third-order valence-electron chi connectivity index (χ3n) is 4.26. The molecule has 0 saturated carbocycles. The fourth-order valence-electron chi connectivity index (χ4n) is 3.01. The van der Waals surface area contributed by atoms with Gasteiger partial charge in [0.1, 0.15) is 6.04 Å². The molecule has 0 radical (unpaired) electrons. The Balaban J connectivity index is 1.67. The molecule has 1 atom stereocenters. The zero-order chi connectivity index (χ0) is 18.8. The number of benzene rings is 2. The van der Waals surface area contributed by atoms with E-state index in [2.05, 4.69) is 10.6 Å². The van der Waals surface area contributed by atoms with E-state index < -0.39 is 6.04 Å². The molecule has 2 aromatic rings. The quantitative estimate of drug-likeness (QED) is 0.814. The summed E-state index contributed by atoms with van der Waals surface area (Å²) < 4.78 is 0. The van der Waals surface area contributed by atoms with Crippen LogP contribution in [0.1, 0.15) is 19.4 Å². The van der Waals surface area contributed by atoms with Crippen LogP contribution in [0, 0.1) is 0 Å². The minimum absolute atomic E-state index is 0.0392. The lowest BCUT2D eigenvalue weighted by molar-refractivity contribution is -0.117. The maximum Gasteiger partial charge on any atom is 0.246 e. The Kier molecular flexibility index (Phi) is 5.39. The largest absolute Gasteiger partial charge is 0.374 e. The van der Waals surface area contributed by atoms with Gasteiger partial charge in [0.15, 0.2) is 0 Å². The van der Waals surface area contributed by atoms with Gasteiger partial charge in [-0.05, 0) is 55.3 Å². The smallest absolute Gasteiger partial charge is 0.246 e. The molecule has 1 aliphatic heterocycles. The van der Waals surface area contributed by atoms with Crippen molar-refractivity contribution >= 4 is 52.1 Å². The number of carbonyl (C=O) groups is 2. The summed E-state index contributed by atoms with van der Waals surface area (Å²) in [5.74, 6) is -0.161. The number of hydrogen-bond acceptors (Lipinski definition) is 3. The van der Waals surface area contributed by atoms with Gasteiger partial charge in [0.2, 0.25) is 11.8 Å². The van der Waals surface area contributed by atoms with Gasteiger partial charge >= 0.3 is 0 Å². The van der Waals surface area contributed by atoms with E-state index >= 15 is 0 Å². The Morgan fingerprint density at radius 2 is 1.77 bits per heavy atom. The number of nitrogens with one attached hydrogen (secondary N) is 2. The van der Waals surface area contributed by atoms with Crippen LogP contribution in [-0.2, 0) is 16.0 Å². The molecule has 1 aliphatic rings. The molecular weight excluding hydrogens is 373 g/mol. The Morgan fingerprint density at radius 1 is 1.08 bits per heavy atom. The number of hydrogen-bond donors (Lipinski definition) is 2. The number of nitrogens with zero attached hydrogens (tertiary/aromatic N) is 1. The second-order valence-electron chi connectivity index (χ2n) is 6.28. The Morgan fingerprint density at radius 3 is 2.42 bits per heavy atom. The van der Waals surface area contributed by atoms with Gasteiger partial charge in [-0.25, -0.2) is 0 Å². The van der Waals surface area contributed by atoms with Crippen molar-refractivity contribution in [2.24, 2.45) is 0 Å². The molecule has 26 heavy (non-hydrogen) atoms. The molecule has 0 saturated heterocycles. The van der Waals surface area contributed by atoms with Gasteiger partial charge in [0.25, 0.3) is 0 Å². The Bertz CT molecular complexity index is 850. The highest BCUT2D eigenvalue weighted by Crippen LogP contribution is 2.30. The van der Waals surface area contributed by atoms with E-state index in [1.54, 1.807) is 36.9 Å². The average molecular weight is 392 g/mol. The third kappa shape index (κ3) is 4.11. The topological polar surface area (TPSA) is 61.4 Å². The molecule has 0 fully saturated rings. The maximum atomic E-state index is 12.4. The van der Waals surface area contributed by atoms with Gasteiger partial charge in [0.05, 0.1) is 0 Å². The molecule has 0 aliphatic carbocycles. The molecule has 0 aromatic heterocycles. The highest BCUT2D eigenvalue weighted by molar-refractivity contribution is 6.35. The summed E-state index contributed by atoms with van der Waals surface area (Å²) in [6.07, 6.45) is 0.812. The van der Waals surface area contributed by atoms with Gasteiger partial charge in [-0.3, -0.25) is 9.59 Å². The van der Waals surface area contributed by atoms with Crippen molar-refractivity contribution in [2.45, 2.75) is 26.3 Å². The molecule has 2 N–H and O–H groups in total. The minimum Gasteiger partial charge on any atom is -0.374 e. The molecule has 2 aromatic carbocycles. The number of anilines is 3. The van der Waals surface area contributed by atoms with Crippen LogP contribution in [0.2, 0.25) is 10.0 Å². The molecule has 3 rings (SSSR count). The summed E-state index contributed by atoms with van der Waals surface area (Å²) in [5, 5.41) is 6.90. The Hall–Kier alpha value is -2.24. The highest BCUT2D eigenvalue weighted by atomic mass is 35.5. The van der Waals surface area contributed by atoms with Crippen LogP contribution in [-0.4, -0.2) is 24.4 Å². The second kappa shape index (κ2) is 7.56. The maximum absolute atomic E-state index is 12.4. The molecule has 5 nitrogen and oxygen atoms in total. The van der Waals surface area contributed by atoms with Gasteiger partial charge < -0.3 is 15.5 Å². The first-order valence-electron chi connectivity index (χ1n) is 8.28. The van der Waals surface area contributed by atoms with Crippen LogP contribution in [0.15, 0.2) is 36.4 Å². The van der Waals surface area contributed by atoms with Crippen molar-refractivity contribution in [3.63, 3.8) is 0 Å². The molecule has 1 heterocycles. The van der Waals surface area contributed by atoms with Crippen LogP contribution >= 0.6 is 23.2 Å². The summed E-state index contributed by atoms with van der Waals surface area (Å²) in [5.41, 5.74) is 3.42. The van der Waals surface area contributed by atoms with E-state index in [1.165, 1.54) is 0 Å². The summed E-state index contributed by atoms with van der Waals surface area (Å²) in [6, 6.07) is 10.2. The zero-order valence-electron chi connectivity index (χ0n) is 14.5. The van der Waals surface area contributed by atoms with Crippen LogP contribution < -0.4 is 15.5 Å². The lowest BCUT2D eigenvalue weighted by Gasteiger charge is -2.18. The first-order valence-corrected chi connectivity index (χ1v) is 9.03. The van der Waals surface area contributed by atoms with Crippen molar-refractivity contribution in [3.05, 3.63) is 52.0 Å². The highest BCUT2D eigenvalue weighted by Gasteiger charge is 2.22. The third-order valence-corrected chi connectivity index (χ3v) is 4.70. The van der Waals surface area contributed by atoms with Gasteiger partial charge in [-0.1, -0.05) is 23.2 Å². The number of halogens is 2. The van der Waals surface area contributed by atoms with Crippen molar-refractivity contribution in [2.75, 3.05) is 22.1 Å². The number of carbonyl (C=O) groups excluding carboxylic acids is 2. The first kappa shape index (κ1) is 18.5. The van der Waals surface area contributed by atoms with E-state index in [1.807, 2.05) is 18.2 Å². The van der Waals surface area contributed by atoms with Crippen LogP contribution in [0.5, 0.6) is 0 Å². The number of fused-ring (bicyclic) bond motifs is 1. The van der Waals surface area contributed by atoms with Crippen molar-refractivity contribution in [1.82, 2.24) is 0 Å². The second-order valence-corrected chi connectivity index (χ2v) is 7.15. The summed E-state index contributed by atoms with van der Waals surface area (Å²) in [4.78, 5) is 25.8. The molecule has 0 bridgehead atoms. The summed E-state index contributed by atoms with van der Waals surface area (Å²) >= 11 is 11.9. The van der Waals surface area contributed by atoms with E-state index in [9.17, 15) is 9.59 Å². The fourth-order valence-corrected chi connectivity index (χ4v) is 3.54. The molecule has 0 spiro atoms. The van der Waals surface area contributed by atoms with E-state index in [0.29, 0.717) is 22.3 Å². The van der Waals surface area contributed by atoms with Crippen LogP contribution in [0.25, 0.3) is 0 Å². The van der Waals surface area contributed by atoms with E-state index in [-0.39, 0.29) is 11.8 Å². The normalized spacial score (nSPS) is 13.9. The molecular formula is C19H19Cl2N3O2. The van der Waals surface area contributed by atoms with Crippen LogP contribution in [0.4, 0.5) is 17.1 Å². The summed E-state index contributed by atoms with van der Waals surface area (Å²) in [7, 11) is 0. The van der Waals surface area contributed by atoms with E-state index in [0.717, 1.165) is 23.4 Å². The monoisotopic (exact) mass is 391 g/mol. The van der Waals surface area contributed by atoms with Crippen LogP contribution in [0.3, 0.4) is 0 Å². The predicted octanol–water partition coefficient (Wildman–Crippen LogP) is 4.34. The number of amides is 2. The predicted molar refractivity (Wildman–Crippen MR) is 106 cm³/mol. The van der Waals surface area contributed by atoms with Gasteiger partial charge in [0, 0.05) is 40.6 Å². The molecule has 7 heteroatoms. The lowest BCUT2D eigenvalue weighted by Crippen LogP contribution is -2.31. The SMILES string of the molecule is CC(=O)N1CCc2cc(N[C@@H](C)C(=O)Nc3cc(Cl)cc(Cl)c3)ccc21. The van der Waals surface area contributed by atoms with Crippen molar-refractivity contribution < 1.29 is 9.59 Å². The van der Waals surface area contributed by atoms with Gasteiger partial charge in [-0.2, -0.15) is 0 Å². The van der Waals surface area contributed by atoms with Crippen molar-refractivity contribution in [1.29, 1.82) is 0 Å². The zero-order valence-corrected chi connectivity index (χ0v) is 16.0. The standard InChI is InChI=1S/C19H19Cl2N3O2/c1-11(19(26)23-17-9-14(20)8-15(21)10-17)22-16-3-4-18-13(7-16)5-6-24(18)12(2)25/h3-4,7-11,22H,5-6H2,1-2H3,(H,23,26)/t11-/m0/s1. The minimum atomic E-state index is -0.462. The lowest BCUT2D eigenvalue weighted by atomic mass is 10.1. The molecule has 2 amide bonds. The van der Waals surface area contributed by atoms with Crippen molar-refractivity contribution in [3.8, 4) is 0 Å². The van der Waals surface area contributed by atoms with Gasteiger partial charge in [-0.15, -0.1) is 0 Å². The fraction of sp³-hybridized carbons (Fsp3) is 0.263. The number of rotatable bonds is 4. The average Bonchev–Trinajstić information content (AvgIpc) is 2.97. The first-order chi connectivity index (χ1) is 12.3. The van der Waals surface area contributed by atoms with E-state index in [4.69, 9.17) is 23.2 Å².